The Morgan fingerprint density at radius 1 is 1.08 bits per heavy atom. The predicted octanol–water partition coefficient (Wildman–Crippen LogP) is 3.73. The number of piperazine rings is 1. The molecule has 1 fully saturated rings. The molecule has 2 aromatic carbocycles. The summed E-state index contributed by atoms with van der Waals surface area (Å²) in [7, 11) is 0. The molecule has 0 bridgehead atoms. The van der Waals surface area contributed by atoms with Gasteiger partial charge in [-0.25, -0.2) is 0 Å². The average molecular weight is 370 g/mol. The van der Waals surface area contributed by atoms with Crippen LogP contribution in [0.1, 0.15) is 11.1 Å². The number of hydrogen-bond acceptors (Lipinski definition) is 4. The van der Waals surface area contributed by atoms with Crippen LogP contribution in [0.4, 0.5) is 17.1 Å². The van der Waals surface area contributed by atoms with Crippen LogP contribution in [-0.4, -0.2) is 41.1 Å². The second-order valence-corrected chi connectivity index (χ2v) is 6.88. The number of anilines is 2. The van der Waals surface area contributed by atoms with Gasteiger partial charge in [0.05, 0.1) is 4.92 Å². The maximum Gasteiger partial charge on any atom is 0.269 e. The van der Waals surface area contributed by atoms with Crippen molar-refractivity contribution in [3.8, 4) is 0 Å². The minimum atomic E-state index is -0.376. The van der Waals surface area contributed by atoms with Gasteiger partial charge in [0.1, 0.15) is 0 Å². The first-order chi connectivity index (χ1) is 12.4. The summed E-state index contributed by atoms with van der Waals surface area (Å²) in [6, 6.07) is 13.0. The van der Waals surface area contributed by atoms with Crippen LogP contribution >= 0.6 is 12.2 Å². The number of benzene rings is 2. The van der Waals surface area contributed by atoms with Crippen molar-refractivity contribution in [2.24, 2.45) is 0 Å². The Kier molecular flexibility index (Phi) is 5.37. The molecule has 7 heteroatoms. The molecule has 0 radical (unpaired) electrons. The van der Waals surface area contributed by atoms with Crippen LogP contribution in [0.25, 0.3) is 0 Å². The monoisotopic (exact) mass is 370 g/mol. The number of nitrogens with one attached hydrogen (secondary N) is 1. The number of nitrogens with zero attached hydrogens (tertiary/aromatic N) is 3. The van der Waals surface area contributed by atoms with Gasteiger partial charge in [-0.3, -0.25) is 10.1 Å². The number of nitro groups is 1. The number of hydrogen-bond donors (Lipinski definition) is 1. The summed E-state index contributed by atoms with van der Waals surface area (Å²) >= 11 is 5.57. The lowest BCUT2D eigenvalue weighted by atomic mass is 10.1. The van der Waals surface area contributed by atoms with Gasteiger partial charge in [-0.2, -0.15) is 0 Å². The molecule has 1 N–H and O–H groups in total. The third-order valence-corrected chi connectivity index (χ3v) is 4.98. The van der Waals surface area contributed by atoms with Gasteiger partial charge in [0.15, 0.2) is 5.11 Å². The summed E-state index contributed by atoms with van der Waals surface area (Å²) in [4.78, 5) is 14.8. The van der Waals surface area contributed by atoms with E-state index in [4.69, 9.17) is 12.2 Å². The molecule has 6 nitrogen and oxygen atoms in total. The Labute approximate surface area is 158 Å². The molecule has 0 aromatic heterocycles. The molecule has 0 amide bonds. The number of nitro benzene ring substituents is 1. The molecule has 26 heavy (non-hydrogen) atoms. The van der Waals surface area contributed by atoms with E-state index in [9.17, 15) is 10.1 Å². The van der Waals surface area contributed by atoms with Gasteiger partial charge in [-0.15, -0.1) is 0 Å². The maximum atomic E-state index is 10.8. The Hall–Kier alpha value is -2.67. The van der Waals surface area contributed by atoms with E-state index in [0.717, 1.165) is 42.7 Å². The van der Waals surface area contributed by atoms with Crippen LogP contribution in [0.15, 0.2) is 42.5 Å². The van der Waals surface area contributed by atoms with Crippen LogP contribution in [0.3, 0.4) is 0 Å². The van der Waals surface area contributed by atoms with E-state index in [1.807, 2.05) is 0 Å². The van der Waals surface area contributed by atoms with Crippen LogP contribution in [-0.2, 0) is 0 Å². The summed E-state index contributed by atoms with van der Waals surface area (Å²) in [5.41, 5.74) is 4.57. The summed E-state index contributed by atoms with van der Waals surface area (Å²) in [5, 5.41) is 14.8. The van der Waals surface area contributed by atoms with E-state index in [-0.39, 0.29) is 10.6 Å². The van der Waals surface area contributed by atoms with Gasteiger partial charge >= 0.3 is 0 Å². The third-order valence-electron chi connectivity index (χ3n) is 4.62. The first-order valence-electron chi connectivity index (χ1n) is 8.56. The first-order valence-corrected chi connectivity index (χ1v) is 8.97. The highest BCUT2D eigenvalue weighted by Gasteiger charge is 2.20. The smallest absolute Gasteiger partial charge is 0.269 e. The quantitative estimate of drug-likeness (QED) is 0.505. The Bertz CT molecular complexity index is 815. The van der Waals surface area contributed by atoms with Crippen molar-refractivity contribution in [1.29, 1.82) is 0 Å². The summed E-state index contributed by atoms with van der Waals surface area (Å²) in [5.74, 6) is 0. The topological polar surface area (TPSA) is 61.6 Å². The Morgan fingerprint density at radius 3 is 2.31 bits per heavy atom. The van der Waals surface area contributed by atoms with Crippen molar-refractivity contribution >= 4 is 34.4 Å². The molecule has 0 aliphatic carbocycles. The van der Waals surface area contributed by atoms with E-state index in [0.29, 0.717) is 0 Å². The van der Waals surface area contributed by atoms with Crippen LogP contribution in [0.5, 0.6) is 0 Å². The highest BCUT2D eigenvalue weighted by atomic mass is 32.1. The van der Waals surface area contributed by atoms with Crippen molar-refractivity contribution in [1.82, 2.24) is 4.90 Å². The summed E-state index contributed by atoms with van der Waals surface area (Å²) in [6.07, 6.45) is 0. The molecule has 0 unspecified atom stereocenters. The van der Waals surface area contributed by atoms with E-state index >= 15 is 0 Å². The van der Waals surface area contributed by atoms with Crippen molar-refractivity contribution in [3.05, 3.63) is 63.7 Å². The van der Waals surface area contributed by atoms with Crippen molar-refractivity contribution < 1.29 is 4.92 Å². The molecule has 3 rings (SSSR count). The standard InChI is InChI=1S/C19H22N4O2S/c1-14-3-8-18(15(2)13-14)20-19(26)22-11-9-21(10-12-22)16-4-6-17(7-5-16)23(24)25/h3-8,13H,9-12H2,1-2H3,(H,20,26). The van der Waals surface area contributed by atoms with Crippen molar-refractivity contribution in [2.75, 3.05) is 36.4 Å². The average Bonchev–Trinajstić information content (AvgIpc) is 2.64. The van der Waals surface area contributed by atoms with Crippen LogP contribution in [0, 0.1) is 24.0 Å². The molecule has 1 heterocycles. The van der Waals surface area contributed by atoms with E-state index < -0.39 is 0 Å². The van der Waals surface area contributed by atoms with Gasteiger partial charge < -0.3 is 15.1 Å². The highest BCUT2D eigenvalue weighted by Crippen LogP contribution is 2.21. The zero-order chi connectivity index (χ0) is 18.7. The predicted molar refractivity (Wildman–Crippen MR) is 109 cm³/mol. The molecule has 1 saturated heterocycles. The molecular formula is C19H22N4O2S. The Morgan fingerprint density at radius 2 is 1.73 bits per heavy atom. The maximum absolute atomic E-state index is 10.8. The lowest BCUT2D eigenvalue weighted by molar-refractivity contribution is -0.384. The second kappa shape index (κ2) is 7.70. The van der Waals surface area contributed by atoms with Gasteiger partial charge in [-0.05, 0) is 49.8 Å². The second-order valence-electron chi connectivity index (χ2n) is 6.50. The molecule has 1 aliphatic heterocycles. The highest BCUT2D eigenvalue weighted by molar-refractivity contribution is 7.80. The number of thiocarbonyl (C=S) groups is 1. The van der Waals surface area contributed by atoms with Gasteiger partial charge in [0.2, 0.25) is 0 Å². The molecule has 2 aromatic rings. The van der Waals surface area contributed by atoms with Crippen molar-refractivity contribution in [2.45, 2.75) is 13.8 Å². The summed E-state index contributed by atoms with van der Waals surface area (Å²) < 4.78 is 0. The molecule has 1 aliphatic rings. The van der Waals surface area contributed by atoms with Crippen molar-refractivity contribution in [3.63, 3.8) is 0 Å². The number of rotatable bonds is 3. The third kappa shape index (κ3) is 4.11. The fourth-order valence-electron chi connectivity index (χ4n) is 3.10. The fraction of sp³-hybridized carbons (Fsp3) is 0.316. The zero-order valence-electron chi connectivity index (χ0n) is 14.9. The number of non-ortho nitro benzene ring substituents is 1. The minimum absolute atomic E-state index is 0.117. The fourth-order valence-corrected chi connectivity index (χ4v) is 3.39. The summed E-state index contributed by atoms with van der Waals surface area (Å²) in [6.45, 7) is 7.43. The van der Waals surface area contributed by atoms with Crippen LogP contribution < -0.4 is 10.2 Å². The van der Waals surface area contributed by atoms with Gasteiger partial charge in [-0.1, -0.05) is 17.7 Å². The van der Waals surface area contributed by atoms with Gasteiger partial charge in [0.25, 0.3) is 5.69 Å². The first kappa shape index (κ1) is 18.1. The molecule has 136 valence electrons. The SMILES string of the molecule is Cc1ccc(NC(=S)N2CCN(c3ccc([N+](=O)[O-])cc3)CC2)c(C)c1. The van der Waals surface area contributed by atoms with E-state index in [1.165, 1.54) is 11.1 Å². The lowest BCUT2D eigenvalue weighted by Crippen LogP contribution is -2.50. The molecule has 0 spiro atoms. The largest absolute Gasteiger partial charge is 0.368 e. The lowest BCUT2D eigenvalue weighted by Gasteiger charge is -2.37. The molecular weight excluding hydrogens is 348 g/mol. The van der Waals surface area contributed by atoms with E-state index in [2.05, 4.69) is 47.2 Å². The number of aryl methyl sites for hydroxylation is 2. The normalized spacial score (nSPS) is 14.2. The van der Waals surface area contributed by atoms with Crippen LogP contribution in [0.2, 0.25) is 0 Å². The molecule has 0 saturated carbocycles. The van der Waals surface area contributed by atoms with E-state index in [1.54, 1.807) is 24.3 Å². The minimum Gasteiger partial charge on any atom is -0.368 e. The molecule has 0 atom stereocenters. The van der Waals surface area contributed by atoms with Gasteiger partial charge in [0, 0.05) is 49.7 Å². The Balaban J connectivity index is 1.57. The zero-order valence-corrected chi connectivity index (χ0v) is 15.8.